The molecule has 0 amide bonds. The van der Waals surface area contributed by atoms with Crippen LogP contribution in [0.1, 0.15) is 47.7 Å². The number of ketones is 1. The normalized spacial score (nSPS) is 11.5. The standard InChI is InChI=1S/C34H32F3N3O3/c1-3-7-32(41)29-15-10-25(18-23(29)2)40-22-39-33-30(38-17-16-34(35,36)37)19-28(20-31(33)40)43-27-13-11-26(12-14-27)42-21-24-8-5-4-6-9-24/h4-6,8-15,18-20,22,38H,3,7,16-17,21H2,1-2H3. The molecule has 1 aromatic heterocycles. The summed E-state index contributed by atoms with van der Waals surface area (Å²) in [5, 5.41) is 2.89. The third-order valence-corrected chi connectivity index (χ3v) is 6.92. The average molecular weight is 588 g/mol. The van der Waals surface area contributed by atoms with Crippen molar-refractivity contribution >= 4 is 22.5 Å². The number of hydrogen-bond donors (Lipinski definition) is 1. The summed E-state index contributed by atoms with van der Waals surface area (Å²) in [7, 11) is 0. The van der Waals surface area contributed by atoms with Crippen LogP contribution in [0, 0.1) is 6.92 Å². The lowest BCUT2D eigenvalue weighted by atomic mass is 10.0. The van der Waals surface area contributed by atoms with Crippen molar-refractivity contribution in [1.29, 1.82) is 0 Å². The summed E-state index contributed by atoms with van der Waals surface area (Å²) in [4.78, 5) is 17.0. The molecule has 0 aliphatic rings. The number of nitrogens with zero attached hydrogens (tertiary/aromatic N) is 2. The first-order valence-electron chi connectivity index (χ1n) is 14.1. The van der Waals surface area contributed by atoms with E-state index in [1.807, 2.05) is 60.9 Å². The molecule has 1 heterocycles. The van der Waals surface area contributed by atoms with Crippen molar-refractivity contribution in [3.63, 3.8) is 0 Å². The number of aromatic nitrogens is 2. The predicted octanol–water partition coefficient (Wildman–Crippen LogP) is 9.05. The molecule has 0 aliphatic heterocycles. The summed E-state index contributed by atoms with van der Waals surface area (Å²) in [5.74, 6) is 1.72. The Hall–Kier alpha value is -4.79. The molecular weight excluding hydrogens is 555 g/mol. The first kappa shape index (κ1) is 29.7. The molecule has 5 rings (SSSR count). The number of Topliss-reactive ketones (excluding diaryl/α,β-unsaturated/α-hetero) is 1. The van der Waals surface area contributed by atoms with E-state index in [1.165, 1.54) is 0 Å². The minimum Gasteiger partial charge on any atom is -0.489 e. The molecule has 5 aromatic rings. The molecule has 0 spiro atoms. The van der Waals surface area contributed by atoms with Gasteiger partial charge in [0, 0.05) is 36.3 Å². The van der Waals surface area contributed by atoms with Gasteiger partial charge in [-0.2, -0.15) is 13.2 Å². The first-order valence-corrected chi connectivity index (χ1v) is 14.1. The van der Waals surface area contributed by atoms with Gasteiger partial charge in [-0.15, -0.1) is 0 Å². The monoisotopic (exact) mass is 587 g/mol. The fraction of sp³-hybridized carbons (Fsp3) is 0.235. The molecule has 0 bridgehead atoms. The Labute approximate surface area is 248 Å². The number of carbonyl (C=O) groups excluding carboxylic acids is 1. The van der Waals surface area contributed by atoms with Gasteiger partial charge >= 0.3 is 6.18 Å². The zero-order valence-electron chi connectivity index (χ0n) is 23.9. The maximum atomic E-state index is 12.9. The highest BCUT2D eigenvalue weighted by Gasteiger charge is 2.26. The van der Waals surface area contributed by atoms with Crippen molar-refractivity contribution in [2.24, 2.45) is 0 Å². The Kier molecular flexibility index (Phi) is 8.99. The van der Waals surface area contributed by atoms with Crippen molar-refractivity contribution < 1.29 is 27.4 Å². The van der Waals surface area contributed by atoms with Crippen LogP contribution in [0.3, 0.4) is 0 Å². The summed E-state index contributed by atoms with van der Waals surface area (Å²) in [6.45, 7) is 3.97. The molecule has 4 aromatic carbocycles. The molecule has 43 heavy (non-hydrogen) atoms. The maximum absolute atomic E-state index is 12.9. The van der Waals surface area contributed by atoms with Crippen molar-refractivity contribution in [1.82, 2.24) is 9.55 Å². The van der Waals surface area contributed by atoms with Crippen LogP contribution in [0.15, 0.2) is 91.3 Å². The van der Waals surface area contributed by atoms with Crippen LogP contribution in [0.2, 0.25) is 0 Å². The quantitative estimate of drug-likeness (QED) is 0.148. The molecule has 0 saturated carbocycles. The van der Waals surface area contributed by atoms with Crippen molar-refractivity contribution in [3.8, 4) is 22.9 Å². The van der Waals surface area contributed by atoms with Crippen molar-refractivity contribution in [3.05, 3.63) is 108 Å². The predicted molar refractivity (Wildman–Crippen MR) is 161 cm³/mol. The summed E-state index contributed by atoms with van der Waals surface area (Å²) >= 11 is 0. The molecule has 0 unspecified atom stereocenters. The van der Waals surface area contributed by atoms with Crippen molar-refractivity contribution in [2.45, 2.75) is 45.9 Å². The molecule has 1 N–H and O–H groups in total. The van der Waals surface area contributed by atoms with Crippen LogP contribution in [0.5, 0.6) is 17.2 Å². The second-order valence-electron chi connectivity index (χ2n) is 10.3. The van der Waals surface area contributed by atoms with E-state index in [0.29, 0.717) is 52.6 Å². The third kappa shape index (κ3) is 7.54. The molecule has 9 heteroatoms. The van der Waals surface area contributed by atoms with E-state index in [9.17, 15) is 18.0 Å². The van der Waals surface area contributed by atoms with Gasteiger partial charge in [-0.3, -0.25) is 9.36 Å². The molecule has 0 fully saturated rings. The number of hydrogen-bond acceptors (Lipinski definition) is 5. The zero-order chi connectivity index (χ0) is 30.4. The highest BCUT2D eigenvalue weighted by molar-refractivity contribution is 5.98. The van der Waals surface area contributed by atoms with Crippen molar-refractivity contribution in [2.75, 3.05) is 11.9 Å². The largest absolute Gasteiger partial charge is 0.489 e. The Morgan fingerprint density at radius 2 is 1.67 bits per heavy atom. The lowest BCUT2D eigenvalue weighted by molar-refractivity contribution is -0.131. The second-order valence-corrected chi connectivity index (χ2v) is 10.3. The lowest BCUT2D eigenvalue weighted by Gasteiger charge is -2.14. The molecule has 6 nitrogen and oxygen atoms in total. The Balaban J connectivity index is 1.43. The van der Waals surface area contributed by atoms with E-state index < -0.39 is 12.6 Å². The zero-order valence-corrected chi connectivity index (χ0v) is 23.9. The topological polar surface area (TPSA) is 65.4 Å². The number of nitrogens with one attached hydrogen (secondary N) is 1. The van der Waals surface area contributed by atoms with E-state index in [1.54, 1.807) is 48.8 Å². The van der Waals surface area contributed by atoms with Gasteiger partial charge in [-0.1, -0.05) is 37.3 Å². The number of anilines is 1. The Morgan fingerprint density at radius 1 is 0.930 bits per heavy atom. The molecule has 222 valence electrons. The van der Waals surface area contributed by atoms with Gasteiger partial charge in [0.25, 0.3) is 0 Å². The fourth-order valence-corrected chi connectivity index (χ4v) is 4.78. The van der Waals surface area contributed by atoms with Crippen LogP contribution < -0.4 is 14.8 Å². The van der Waals surface area contributed by atoms with Crippen LogP contribution in [0.25, 0.3) is 16.7 Å². The van der Waals surface area contributed by atoms with Crippen LogP contribution in [0.4, 0.5) is 18.9 Å². The second kappa shape index (κ2) is 13.0. The molecule has 0 aliphatic carbocycles. The number of fused-ring (bicyclic) bond motifs is 1. The number of carbonyl (C=O) groups is 1. The number of imidazole rings is 1. The number of halogens is 3. The summed E-state index contributed by atoms with van der Waals surface area (Å²) in [6.07, 6.45) is -2.43. The molecule has 0 saturated heterocycles. The number of ether oxygens (including phenoxy) is 2. The minimum absolute atomic E-state index is 0.0883. The van der Waals surface area contributed by atoms with Crippen LogP contribution >= 0.6 is 0 Å². The molecule has 0 radical (unpaired) electrons. The summed E-state index contributed by atoms with van der Waals surface area (Å²) < 4.78 is 52.6. The minimum atomic E-state index is -4.29. The van der Waals surface area contributed by atoms with Crippen LogP contribution in [-0.2, 0) is 6.61 Å². The van der Waals surface area contributed by atoms with Gasteiger partial charge in [0.05, 0.1) is 17.6 Å². The summed E-state index contributed by atoms with van der Waals surface area (Å²) in [5.41, 5.74) is 4.89. The van der Waals surface area contributed by atoms with Gasteiger partial charge < -0.3 is 14.8 Å². The number of benzene rings is 4. The average Bonchev–Trinajstić information content (AvgIpc) is 3.41. The highest BCUT2D eigenvalue weighted by atomic mass is 19.4. The third-order valence-electron chi connectivity index (χ3n) is 6.92. The van der Waals surface area contributed by atoms with E-state index in [4.69, 9.17) is 9.47 Å². The van der Waals surface area contributed by atoms with Gasteiger partial charge in [0.15, 0.2) is 5.78 Å². The van der Waals surface area contributed by atoms with Gasteiger partial charge in [-0.05, 0) is 66.9 Å². The van der Waals surface area contributed by atoms with Gasteiger partial charge in [0.2, 0.25) is 0 Å². The first-order chi connectivity index (χ1) is 20.7. The van der Waals surface area contributed by atoms with Crippen LogP contribution in [-0.4, -0.2) is 28.1 Å². The van der Waals surface area contributed by atoms with Gasteiger partial charge in [0.1, 0.15) is 35.7 Å². The SMILES string of the molecule is CCCC(=O)c1ccc(-n2cnc3c(NCCC(F)(F)F)cc(Oc4ccc(OCc5ccccc5)cc4)cc32)cc1C. The maximum Gasteiger partial charge on any atom is 0.390 e. The smallest absolute Gasteiger partial charge is 0.390 e. The van der Waals surface area contributed by atoms with Gasteiger partial charge in [-0.25, -0.2) is 4.98 Å². The number of alkyl halides is 3. The van der Waals surface area contributed by atoms with E-state index in [2.05, 4.69) is 10.3 Å². The molecular formula is C34H32F3N3O3. The fourth-order valence-electron chi connectivity index (χ4n) is 4.78. The van der Waals surface area contributed by atoms with E-state index >= 15 is 0 Å². The van der Waals surface area contributed by atoms with E-state index in [-0.39, 0.29) is 12.3 Å². The molecule has 0 atom stereocenters. The van der Waals surface area contributed by atoms with E-state index in [0.717, 1.165) is 23.2 Å². The number of aryl methyl sites for hydroxylation is 1. The lowest BCUT2D eigenvalue weighted by Crippen LogP contribution is -2.14. The summed E-state index contributed by atoms with van der Waals surface area (Å²) in [6, 6.07) is 26.0. The highest BCUT2D eigenvalue weighted by Crippen LogP contribution is 2.34. The Morgan fingerprint density at radius 3 is 2.37 bits per heavy atom. The number of rotatable bonds is 12. The Bertz CT molecular complexity index is 1700.